The van der Waals surface area contributed by atoms with E-state index in [2.05, 4.69) is 47.8 Å². The second kappa shape index (κ2) is 8.59. The van der Waals surface area contributed by atoms with E-state index < -0.39 is 6.10 Å². The molecule has 2 aromatic rings. The molecule has 0 aliphatic heterocycles. The third-order valence-electron chi connectivity index (χ3n) is 2.66. The van der Waals surface area contributed by atoms with Crippen molar-refractivity contribution in [3.05, 3.63) is 49.8 Å². The minimum atomic E-state index is -0.596. The van der Waals surface area contributed by atoms with Crippen molar-refractivity contribution in [2.24, 2.45) is 0 Å². The quantitative estimate of drug-likeness (QED) is 0.522. The van der Waals surface area contributed by atoms with Crippen LogP contribution in [0, 0.1) is 0 Å². The van der Waals surface area contributed by atoms with Crippen LogP contribution < -0.4 is 4.74 Å². The molecule has 0 aliphatic rings. The number of aromatic hydroxyl groups is 1. The standard InChI is InChI=1S/C15H13Br3O3S/c16-9-5-13(17)15(14(18)6-9)21-7-11(20)8-22-12-3-1-10(19)2-4-12/h1-6,11,19-20H,7-8H2. The van der Waals surface area contributed by atoms with Crippen LogP contribution in [0.2, 0.25) is 0 Å². The molecule has 0 saturated carbocycles. The highest BCUT2D eigenvalue weighted by atomic mass is 79.9. The topological polar surface area (TPSA) is 49.7 Å². The molecular weight excluding hydrogens is 500 g/mol. The molecule has 0 radical (unpaired) electrons. The number of hydrogen-bond acceptors (Lipinski definition) is 4. The highest BCUT2D eigenvalue weighted by Crippen LogP contribution is 2.36. The molecule has 2 rings (SSSR count). The Morgan fingerprint density at radius 2 is 1.64 bits per heavy atom. The number of benzene rings is 2. The van der Waals surface area contributed by atoms with Gasteiger partial charge in [-0.15, -0.1) is 11.8 Å². The van der Waals surface area contributed by atoms with Crippen LogP contribution in [0.25, 0.3) is 0 Å². The zero-order valence-electron chi connectivity index (χ0n) is 11.3. The molecule has 22 heavy (non-hydrogen) atoms. The second-order valence-corrected chi connectivity index (χ2v) is 8.19. The summed E-state index contributed by atoms with van der Waals surface area (Å²) in [7, 11) is 0. The average molecular weight is 513 g/mol. The first kappa shape index (κ1) is 18.1. The van der Waals surface area contributed by atoms with Gasteiger partial charge in [-0.3, -0.25) is 0 Å². The predicted molar refractivity (Wildman–Crippen MR) is 99.9 cm³/mol. The lowest BCUT2D eigenvalue weighted by Gasteiger charge is -2.14. The van der Waals surface area contributed by atoms with Crippen molar-refractivity contribution in [3.8, 4) is 11.5 Å². The van der Waals surface area contributed by atoms with Crippen molar-refractivity contribution in [1.29, 1.82) is 0 Å². The summed E-state index contributed by atoms with van der Waals surface area (Å²) >= 11 is 11.8. The van der Waals surface area contributed by atoms with Gasteiger partial charge in [0.15, 0.2) is 0 Å². The Labute approximate surface area is 158 Å². The van der Waals surface area contributed by atoms with Crippen molar-refractivity contribution in [2.45, 2.75) is 11.0 Å². The first-order chi connectivity index (χ1) is 10.5. The number of halogens is 3. The minimum Gasteiger partial charge on any atom is -0.508 e. The number of hydrogen-bond donors (Lipinski definition) is 2. The zero-order valence-corrected chi connectivity index (χ0v) is 16.9. The van der Waals surface area contributed by atoms with E-state index in [0.29, 0.717) is 11.5 Å². The zero-order chi connectivity index (χ0) is 16.1. The van der Waals surface area contributed by atoms with Crippen LogP contribution in [0.5, 0.6) is 11.5 Å². The molecule has 3 nitrogen and oxygen atoms in total. The molecule has 7 heteroatoms. The molecule has 2 N–H and O–H groups in total. The van der Waals surface area contributed by atoms with Gasteiger partial charge in [-0.05, 0) is 68.3 Å². The fourth-order valence-corrected chi connectivity index (χ4v) is 4.93. The molecule has 0 amide bonds. The van der Waals surface area contributed by atoms with E-state index in [4.69, 9.17) is 4.74 Å². The van der Waals surface area contributed by atoms with Gasteiger partial charge in [-0.1, -0.05) is 15.9 Å². The molecule has 2 aromatic carbocycles. The molecule has 0 aromatic heterocycles. The Hall–Kier alpha value is -0.210. The lowest BCUT2D eigenvalue weighted by molar-refractivity contribution is 0.125. The molecule has 0 heterocycles. The lowest BCUT2D eigenvalue weighted by atomic mass is 10.3. The van der Waals surface area contributed by atoms with Gasteiger partial charge in [0.05, 0.1) is 15.0 Å². The SMILES string of the molecule is Oc1ccc(SCC(O)COc2c(Br)cc(Br)cc2Br)cc1. The van der Waals surface area contributed by atoms with Gasteiger partial charge in [-0.2, -0.15) is 0 Å². The number of aliphatic hydroxyl groups excluding tert-OH is 1. The van der Waals surface area contributed by atoms with Crippen LogP contribution in [0.15, 0.2) is 54.7 Å². The van der Waals surface area contributed by atoms with Crippen molar-refractivity contribution >= 4 is 59.6 Å². The van der Waals surface area contributed by atoms with Crippen molar-refractivity contribution in [2.75, 3.05) is 12.4 Å². The molecule has 1 atom stereocenters. The third kappa shape index (κ3) is 5.45. The largest absolute Gasteiger partial charge is 0.508 e. The third-order valence-corrected chi connectivity index (χ3v) is 5.46. The van der Waals surface area contributed by atoms with Gasteiger partial charge in [-0.25, -0.2) is 0 Å². The van der Waals surface area contributed by atoms with Gasteiger partial charge >= 0.3 is 0 Å². The highest BCUT2D eigenvalue weighted by molar-refractivity contribution is 9.11. The van der Waals surface area contributed by atoms with Gasteiger partial charge in [0.25, 0.3) is 0 Å². The number of phenolic OH excluding ortho intramolecular Hbond substituents is 1. The van der Waals surface area contributed by atoms with E-state index >= 15 is 0 Å². The van der Waals surface area contributed by atoms with E-state index in [-0.39, 0.29) is 12.4 Å². The Bertz CT molecular complexity index is 611. The van der Waals surface area contributed by atoms with Crippen molar-refractivity contribution in [1.82, 2.24) is 0 Å². The highest BCUT2D eigenvalue weighted by Gasteiger charge is 2.12. The maximum Gasteiger partial charge on any atom is 0.147 e. The normalized spacial score (nSPS) is 12.2. The summed E-state index contributed by atoms with van der Waals surface area (Å²) in [6, 6.07) is 10.7. The van der Waals surface area contributed by atoms with E-state index in [0.717, 1.165) is 18.3 Å². The van der Waals surface area contributed by atoms with E-state index in [1.165, 1.54) is 11.8 Å². The predicted octanol–water partition coefficient (Wildman–Crippen LogP) is 5.21. The summed E-state index contributed by atoms with van der Waals surface area (Å²) in [5.41, 5.74) is 0. The van der Waals surface area contributed by atoms with Crippen molar-refractivity contribution < 1.29 is 14.9 Å². The fraction of sp³-hybridized carbons (Fsp3) is 0.200. The summed E-state index contributed by atoms with van der Waals surface area (Å²) in [5, 5.41) is 19.3. The van der Waals surface area contributed by atoms with Gasteiger partial charge < -0.3 is 14.9 Å². The number of phenols is 1. The number of ether oxygens (including phenoxy) is 1. The van der Waals surface area contributed by atoms with Gasteiger partial charge in [0, 0.05) is 15.1 Å². The van der Waals surface area contributed by atoms with Crippen LogP contribution in [0.4, 0.5) is 0 Å². The number of thioether (sulfide) groups is 1. The van der Waals surface area contributed by atoms with Crippen LogP contribution >= 0.6 is 59.6 Å². The molecule has 1 unspecified atom stereocenters. The molecule has 0 fully saturated rings. The van der Waals surface area contributed by atoms with Crippen LogP contribution in [0.3, 0.4) is 0 Å². The summed E-state index contributed by atoms with van der Waals surface area (Å²) in [5.74, 6) is 1.41. The lowest BCUT2D eigenvalue weighted by Crippen LogP contribution is -2.20. The smallest absolute Gasteiger partial charge is 0.147 e. The fourth-order valence-electron chi connectivity index (χ4n) is 1.63. The Morgan fingerprint density at radius 3 is 2.23 bits per heavy atom. The van der Waals surface area contributed by atoms with E-state index in [1.807, 2.05) is 24.3 Å². The molecular formula is C15H13Br3O3S. The average Bonchev–Trinajstić information content (AvgIpc) is 2.45. The maximum absolute atomic E-state index is 10.0. The van der Waals surface area contributed by atoms with Gasteiger partial charge in [0.2, 0.25) is 0 Å². The van der Waals surface area contributed by atoms with Crippen molar-refractivity contribution in [3.63, 3.8) is 0 Å². The van der Waals surface area contributed by atoms with Crippen LogP contribution in [-0.4, -0.2) is 28.7 Å². The maximum atomic E-state index is 10.0. The first-order valence-corrected chi connectivity index (χ1v) is 9.69. The molecule has 0 bridgehead atoms. The molecule has 0 saturated heterocycles. The Morgan fingerprint density at radius 1 is 1.05 bits per heavy atom. The molecule has 0 aliphatic carbocycles. The monoisotopic (exact) mass is 510 g/mol. The van der Waals surface area contributed by atoms with E-state index in [1.54, 1.807) is 12.1 Å². The Balaban J connectivity index is 1.85. The number of rotatable bonds is 6. The summed E-state index contributed by atoms with van der Waals surface area (Å²) < 4.78 is 8.23. The second-order valence-electron chi connectivity index (χ2n) is 4.47. The van der Waals surface area contributed by atoms with Crippen LogP contribution in [0.1, 0.15) is 0 Å². The summed E-state index contributed by atoms with van der Waals surface area (Å²) in [4.78, 5) is 0.989. The number of aliphatic hydroxyl groups is 1. The minimum absolute atomic E-state index is 0.198. The van der Waals surface area contributed by atoms with Crippen LogP contribution in [-0.2, 0) is 0 Å². The molecule has 0 spiro atoms. The van der Waals surface area contributed by atoms with E-state index in [9.17, 15) is 10.2 Å². The first-order valence-electron chi connectivity index (χ1n) is 6.33. The molecule has 118 valence electrons. The summed E-state index contributed by atoms with van der Waals surface area (Å²) in [6.07, 6.45) is -0.596. The van der Waals surface area contributed by atoms with Gasteiger partial charge in [0.1, 0.15) is 18.1 Å². The summed E-state index contributed by atoms with van der Waals surface area (Å²) in [6.45, 7) is 0.198. The Kier molecular flexibility index (Phi) is 7.08.